The van der Waals surface area contributed by atoms with Gasteiger partial charge >= 0.3 is 0 Å². The molecule has 0 aliphatic carbocycles. The number of methoxy groups -OCH3 is 2. The second-order valence-electron chi connectivity index (χ2n) is 4.28. The van der Waals surface area contributed by atoms with Gasteiger partial charge < -0.3 is 15.2 Å². The molecule has 0 aliphatic heterocycles. The first-order valence-electron chi connectivity index (χ1n) is 6.42. The Morgan fingerprint density at radius 3 is 2.75 bits per heavy atom. The minimum absolute atomic E-state index is 0.448. The summed E-state index contributed by atoms with van der Waals surface area (Å²) >= 11 is 0. The lowest BCUT2D eigenvalue weighted by molar-refractivity contribution is 0.393. The second kappa shape index (κ2) is 6.33. The van der Waals surface area contributed by atoms with Crippen molar-refractivity contribution in [2.24, 2.45) is 5.73 Å². The molecule has 0 saturated heterocycles. The Balaban J connectivity index is 2.40. The first kappa shape index (κ1) is 14.3. The van der Waals surface area contributed by atoms with Gasteiger partial charge in [-0.25, -0.2) is 9.97 Å². The summed E-state index contributed by atoms with van der Waals surface area (Å²) in [4.78, 5) is 8.19. The minimum Gasteiger partial charge on any atom is -0.493 e. The fourth-order valence-corrected chi connectivity index (χ4v) is 2.01. The quantitative estimate of drug-likeness (QED) is 0.852. The molecule has 2 aromatic rings. The van der Waals surface area contributed by atoms with Crippen molar-refractivity contribution in [3.05, 3.63) is 30.0 Å². The molecule has 2 N–H and O–H groups in total. The zero-order valence-corrected chi connectivity index (χ0v) is 11.9. The molecule has 1 unspecified atom stereocenters. The molecule has 0 spiro atoms. The van der Waals surface area contributed by atoms with E-state index in [1.54, 1.807) is 26.5 Å². The highest BCUT2D eigenvalue weighted by Crippen LogP contribution is 2.28. The number of aromatic nitrogens is 4. The highest BCUT2D eigenvalue weighted by molar-refractivity contribution is 5.34. The average molecular weight is 277 g/mol. The molecule has 0 radical (unpaired) electrons. The lowest BCUT2D eigenvalue weighted by Gasteiger charge is -2.15. The molecule has 0 fully saturated rings. The Labute approximate surface area is 117 Å². The van der Waals surface area contributed by atoms with Crippen LogP contribution in [0.15, 0.2) is 18.6 Å². The summed E-state index contributed by atoms with van der Waals surface area (Å²) in [6.07, 6.45) is 4.06. The van der Waals surface area contributed by atoms with Crippen molar-refractivity contribution in [3.63, 3.8) is 0 Å². The number of hydrogen-bond donors (Lipinski definition) is 1. The van der Waals surface area contributed by atoms with Crippen molar-refractivity contribution in [1.82, 2.24) is 19.7 Å². The smallest absolute Gasteiger partial charge is 0.216 e. The monoisotopic (exact) mass is 277 g/mol. The van der Waals surface area contributed by atoms with Crippen LogP contribution in [0.3, 0.4) is 0 Å². The van der Waals surface area contributed by atoms with Crippen molar-refractivity contribution in [2.75, 3.05) is 14.2 Å². The van der Waals surface area contributed by atoms with Gasteiger partial charge in [0.1, 0.15) is 12.0 Å². The van der Waals surface area contributed by atoms with Crippen molar-refractivity contribution in [2.45, 2.75) is 25.9 Å². The molecule has 0 amide bonds. The molecule has 20 heavy (non-hydrogen) atoms. The fraction of sp³-hybridized carbons (Fsp3) is 0.462. The molecule has 0 saturated carbocycles. The number of nitrogens with two attached hydrogens (primary N) is 1. The molecule has 2 heterocycles. The Morgan fingerprint density at radius 1 is 1.30 bits per heavy atom. The SMILES string of the molecule is CCCn1ncc(OC)c1C(N)c1cc(OC)ncn1. The van der Waals surface area contributed by atoms with Crippen molar-refractivity contribution >= 4 is 0 Å². The fourth-order valence-electron chi connectivity index (χ4n) is 2.01. The summed E-state index contributed by atoms with van der Waals surface area (Å²) < 4.78 is 12.3. The molecule has 2 aromatic heterocycles. The highest BCUT2D eigenvalue weighted by Gasteiger charge is 2.21. The summed E-state index contributed by atoms with van der Waals surface area (Å²) in [5, 5.41) is 4.30. The normalized spacial score (nSPS) is 12.2. The van der Waals surface area contributed by atoms with E-state index in [2.05, 4.69) is 22.0 Å². The van der Waals surface area contributed by atoms with Gasteiger partial charge in [0.15, 0.2) is 5.75 Å². The predicted octanol–water partition coefficient (Wildman–Crippen LogP) is 1.15. The van der Waals surface area contributed by atoms with E-state index >= 15 is 0 Å². The van der Waals surface area contributed by atoms with Gasteiger partial charge in [0.05, 0.1) is 32.2 Å². The molecule has 0 aliphatic rings. The van der Waals surface area contributed by atoms with Crippen LogP contribution in [0.5, 0.6) is 11.6 Å². The van der Waals surface area contributed by atoms with Crippen LogP contribution in [0.25, 0.3) is 0 Å². The van der Waals surface area contributed by atoms with Gasteiger partial charge in [0.2, 0.25) is 5.88 Å². The molecular formula is C13H19N5O2. The van der Waals surface area contributed by atoms with Crippen molar-refractivity contribution in [1.29, 1.82) is 0 Å². The van der Waals surface area contributed by atoms with Crippen LogP contribution in [0.2, 0.25) is 0 Å². The van der Waals surface area contributed by atoms with Gasteiger partial charge in [-0.15, -0.1) is 0 Å². The number of rotatable bonds is 6. The van der Waals surface area contributed by atoms with Crippen LogP contribution in [-0.2, 0) is 6.54 Å². The molecule has 2 rings (SSSR count). The zero-order valence-electron chi connectivity index (χ0n) is 11.9. The van der Waals surface area contributed by atoms with Crippen LogP contribution in [0, 0.1) is 0 Å². The average Bonchev–Trinajstić information content (AvgIpc) is 2.89. The molecular weight excluding hydrogens is 258 g/mol. The van der Waals surface area contributed by atoms with Crippen LogP contribution >= 0.6 is 0 Å². The van der Waals surface area contributed by atoms with E-state index in [0.717, 1.165) is 18.7 Å². The van der Waals surface area contributed by atoms with E-state index in [0.29, 0.717) is 17.3 Å². The van der Waals surface area contributed by atoms with E-state index in [9.17, 15) is 0 Å². The van der Waals surface area contributed by atoms with Gasteiger partial charge in [-0.3, -0.25) is 4.68 Å². The van der Waals surface area contributed by atoms with Crippen molar-refractivity contribution in [3.8, 4) is 11.6 Å². The molecule has 108 valence electrons. The number of hydrogen-bond acceptors (Lipinski definition) is 6. The summed E-state index contributed by atoms with van der Waals surface area (Å²) in [7, 11) is 3.16. The lowest BCUT2D eigenvalue weighted by atomic mass is 10.1. The third-order valence-electron chi connectivity index (χ3n) is 2.99. The van der Waals surface area contributed by atoms with Crippen molar-refractivity contribution < 1.29 is 9.47 Å². The minimum atomic E-state index is -0.448. The van der Waals surface area contributed by atoms with E-state index in [1.807, 2.05) is 4.68 Å². The molecule has 0 bridgehead atoms. The zero-order chi connectivity index (χ0) is 14.5. The maximum absolute atomic E-state index is 6.31. The van der Waals surface area contributed by atoms with Gasteiger partial charge in [-0.05, 0) is 6.42 Å². The van der Waals surface area contributed by atoms with Gasteiger partial charge in [-0.2, -0.15) is 5.10 Å². The Hall–Kier alpha value is -2.15. The standard InChI is InChI=1S/C13H19N5O2/c1-4-5-18-13(10(19-2)7-17-18)12(14)9-6-11(20-3)16-8-15-9/h6-8,12H,4-5,14H2,1-3H3. The molecule has 1 atom stereocenters. The third kappa shape index (κ3) is 2.72. The van der Waals surface area contributed by atoms with E-state index in [1.165, 1.54) is 6.33 Å². The summed E-state index contributed by atoms with van der Waals surface area (Å²) in [5.41, 5.74) is 7.77. The summed E-state index contributed by atoms with van der Waals surface area (Å²) in [6.45, 7) is 2.85. The van der Waals surface area contributed by atoms with Crippen LogP contribution < -0.4 is 15.2 Å². The van der Waals surface area contributed by atoms with Crippen LogP contribution in [-0.4, -0.2) is 34.0 Å². The molecule has 7 heteroatoms. The second-order valence-corrected chi connectivity index (χ2v) is 4.28. The maximum Gasteiger partial charge on any atom is 0.216 e. The Bertz CT molecular complexity index is 570. The van der Waals surface area contributed by atoms with Gasteiger partial charge in [0, 0.05) is 12.6 Å². The van der Waals surface area contributed by atoms with E-state index in [-0.39, 0.29) is 0 Å². The van der Waals surface area contributed by atoms with E-state index < -0.39 is 6.04 Å². The van der Waals surface area contributed by atoms with Gasteiger partial charge in [0.25, 0.3) is 0 Å². The first-order valence-corrected chi connectivity index (χ1v) is 6.42. The Kier molecular flexibility index (Phi) is 4.52. The summed E-state index contributed by atoms with van der Waals surface area (Å²) in [5.74, 6) is 1.13. The number of aryl methyl sites for hydroxylation is 1. The first-order chi connectivity index (χ1) is 9.71. The molecule has 7 nitrogen and oxygen atoms in total. The number of nitrogens with zero attached hydrogens (tertiary/aromatic N) is 4. The number of ether oxygens (including phenoxy) is 2. The van der Waals surface area contributed by atoms with Crippen LogP contribution in [0.1, 0.15) is 30.8 Å². The van der Waals surface area contributed by atoms with E-state index in [4.69, 9.17) is 15.2 Å². The third-order valence-corrected chi connectivity index (χ3v) is 2.99. The van der Waals surface area contributed by atoms with Crippen LogP contribution in [0.4, 0.5) is 0 Å². The van der Waals surface area contributed by atoms with Gasteiger partial charge in [-0.1, -0.05) is 6.92 Å². The summed E-state index contributed by atoms with van der Waals surface area (Å²) in [6, 6.07) is 1.27. The highest BCUT2D eigenvalue weighted by atomic mass is 16.5. The topological polar surface area (TPSA) is 88.1 Å². The largest absolute Gasteiger partial charge is 0.493 e. The predicted molar refractivity (Wildman–Crippen MR) is 73.7 cm³/mol. The lowest BCUT2D eigenvalue weighted by Crippen LogP contribution is -2.19. The molecule has 0 aromatic carbocycles. The maximum atomic E-state index is 6.31. The Morgan fingerprint density at radius 2 is 2.10 bits per heavy atom.